The molecular formula is C21H18O6. The Balaban J connectivity index is 1.62. The van der Waals surface area contributed by atoms with E-state index in [4.69, 9.17) is 13.9 Å². The highest BCUT2D eigenvalue weighted by Gasteiger charge is 2.41. The fourth-order valence-electron chi connectivity index (χ4n) is 3.23. The molecular weight excluding hydrogens is 348 g/mol. The maximum Gasteiger partial charge on any atom is 0.338 e. The van der Waals surface area contributed by atoms with E-state index in [0.717, 1.165) is 5.56 Å². The Morgan fingerprint density at radius 2 is 1.93 bits per heavy atom. The number of ether oxygens (including phenoxy) is 2. The molecule has 3 aromatic rings. The number of esters is 1. The summed E-state index contributed by atoms with van der Waals surface area (Å²) in [7, 11) is 0. The van der Waals surface area contributed by atoms with Crippen LogP contribution in [-0.4, -0.2) is 22.8 Å². The number of carbonyl (C=O) groups is 1. The Morgan fingerprint density at radius 1 is 1.19 bits per heavy atom. The van der Waals surface area contributed by atoms with Gasteiger partial charge in [0.1, 0.15) is 11.7 Å². The molecule has 1 atom stereocenters. The molecule has 6 nitrogen and oxygen atoms in total. The number of hydrogen-bond acceptors (Lipinski definition) is 6. The van der Waals surface area contributed by atoms with Crippen molar-refractivity contribution in [1.29, 1.82) is 0 Å². The minimum atomic E-state index is -0.939. The summed E-state index contributed by atoms with van der Waals surface area (Å²) in [6.07, 6.45) is -0.0397. The summed E-state index contributed by atoms with van der Waals surface area (Å²) in [4.78, 5) is 23.8. The second-order valence-corrected chi connectivity index (χ2v) is 7.06. The van der Waals surface area contributed by atoms with Gasteiger partial charge in [-0.25, -0.2) is 9.59 Å². The van der Waals surface area contributed by atoms with Crippen molar-refractivity contribution in [1.82, 2.24) is 0 Å². The molecule has 6 heteroatoms. The van der Waals surface area contributed by atoms with Gasteiger partial charge in [-0.15, -0.1) is 0 Å². The minimum Gasteiger partial charge on any atom is -0.502 e. The van der Waals surface area contributed by atoms with Crippen LogP contribution in [-0.2, 0) is 11.2 Å². The van der Waals surface area contributed by atoms with Gasteiger partial charge in [-0.3, -0.25) is 0 Å². The Morgan fingerprint density at radius 3 is 2.67 bits per heavy atom. The zero-order valence-electron chi connectivity index (χ0n) is 14.9. The van der Waals surface area contributed by atoms with Crippen molar-refractivity contribution >= 4 is 16.9 Å². The van der Waals surface area contributed by atoms with Crippen LogP contribution in [0.1, 0.15) is 29.8 Å². The van der Waals surface area contributed by atoms with E-state index in [-0.39, 0.29) is 17.1 Å². The lowest BCUT2D eigenvalue weighted by atomic mass is 9.96. The number of hydrogen-bond donors (Lipinski definition) is 1. The van der Waals surface area contributed by atoms with Crippen LogP contribution in [0.2, 0.25) is 0 Å². The number of fused-ring (bicyclic) bond motifs is 2. The molecule has 0 saturated heterocycles. The van der Waals surface area contributed by atoms with Gasteiger partial charge >= 0.3 is 11.6 Å². The van der Waals surface area contributed by atoms with E-state index in [2.05, 4.69) is 0 Å². The smallest absolute Gasteiger partial charge is 0.338 e. The van der Waals surface area contributed by atoms with E-state index >= 15 is 0 Å². The highest BCUT2D eigenvalue weighted by Crippen LogP contribution is 2.44. The Hall–Kier alpha value is -3.28. The van der Waals surface area contributed by atoms with Crippen LogP contribution in [0.4, 0.5) is 0 Å². The van der Waals surface area contributed by atoms with Crippen LogP contribution < -0.4 is 10.4 Å². The summed E-state index contributed by atoms with van der Waals surface area (Å²) in [6.45, 7) is 3.53. The molecule has 1 aliphatic heterocycles. The molecule has 27 heavy (non-hydrogen) atoms. The van der Waals surface area contributed by atoms with Gasteiger partial charge in [-0.05, 0) is 38.1 Å². The van der Waals surface area contributed by atoms with Crippen molar-refractivity contribution in [3.05, 3.63) is 70.1 Å². The number of phenols is 1. The number of phenolic OH excluding ortho intramolecular Hbond substituents is 1. The quantitative estimate of drug-likeness (QED) is 0.564. The van der Waals surface area contributed by atoms with Crippen LogP contribution in [0.15, 0.2) is 57.7 Å². The molecule has 0 saturated carbocycles. The van der Waals surface area contributed by atoms with Crippen molar-refractivity contribution in [3.63, 3.8) is 0 Å². The monoisotopic (exact) mass is 366 g/mol. The predicted octanol–water partition coefficient (Wildman–Crippen LogP) is 3.44. The lowest BCUT2D eigenvalue weighted by molar-refractivity contribution is -0.0520. The van der Waals surface area contributed by atoms with Crippen molar-refractivity contribution in [2.24, 2.45) is 0 Å². The van der Waals surface area contributed by atoms with E-state index in [1.807, 2.05) is 12.1 Å². The first kappa shape index (κ1) is 17.1. The van der Waals surface area contributed by atoms with Gasteiger partial charge in [-0.1, -0.05) is 18.2 Å². The first-order valence-electron chi connectivity index (χ1n) is 8.59. The first-order chi connectivity index (χ1) is 12.8. The van der Waals surface area contributed by atoms with Crippen molar-refractivity contribution in [2.75, 3.05) is 0 Å². The molecule has 0 spiro atoms. The summed E-state index contributed by atoms with van der Waals surface area (Å²) < 4.78 is 16.7. The molecule has 1 aliphatic rings. The second-order valence-electron chi connectivity index (χ2n) is 7.06. The van der Waals surface area contributed by atoms with E-state index in [1.54, 1.807) is 44.2 Å². The maximum atomic E-state index is 12.4. The SMILES string of the molecule is CC(C)(OC(=O)c1ccccc1)[C@H]1Cc2cc3ccc(=O)oc3c(O)c2O1. The first-order valence-corrected chi connectivity index (χ1v) is 8.59. The van der Waals surface area contributed by atoms with Crippen molar-refractivity contribution in [2.45, 2.75) is 32.0 Å². The molecule has 0 fully saturated rings. The zero-order chi connectivity index (χ0) is 19.2. The van der Waals surface area contributed by atoms with Crippen LogP contribution in [0.3, 0.4) is 0 Å². The van der Waals surface area contributed by atoms with Crippen molar-refractivity contribution < 1.29 is 23.8 Å². The van der Waals surface area contributed by atoms with Crippen LogP contribution >= 0.6 is 0 Å². The maximum absolute atomic E-state index is 12.4. The minimum absolute atomic E-state index is 0.0842. The lowest BCUT2D eigenvalue weighted by Crippen LogP contribution is -2.43. The predicted molar refractivity (Wildman–Crippen MR) is 98.2 cm³/mol. The molecule has 0 radical (unpaired) electrons. The second kappa shape index (κ2) is 6.16. The standard InChI is InChI=1S/C21H18O6/c1-21(2,27-20(24)12-6-4-3-5-7-12)15-11-14-10-13-8-9-16(22)26-18(13)17(23)19(14)25-15/h3-10,15,23H,11H2,1-2H3/t15-/m1/s1. The third-order valence-corrected chi connectivity index (χ3v) is 4.72. The molecule has 0 aliphatic carbocycles. The number of benzene rings is 2. The molecule has 0 amide bonds. The summed E-state index contributed by atoms with van der Waals surface area (Å²) in [6, 6.07) is 13.4. The molecule has 0 bridgehead atoms. The molecule has 1 N–H and O–H groups in total. The zero-order valence-corrected chi connectivity index (χ0v) is 14.9. The number of carbonyl (C=O) groups excluding carboxylic acids is 1. The van der Waals surface area contributed by atoms with Gasteiger partial charge in [0.25, 0.3) is 0 Å². The summed E-state index contributed by atoms with van der Waals surface area (Å²) in [5.74, 6) is -0.404. The average molecular weight is 366 g/mol. The van der Waals surface area contributed by atoms with E-state index in [0.29, 0.717) is 17.4 Å². The van der Waals surface area contributed by atoms with Gasteiger partial charge in [0.2, 0.25) is 5.75 Å². The lowest BCUT2D eigenvalue weighted by Gasteiger charge is -2.30. The molecule has 1 aromatic heterocycles. The van der Waals surface area contributed by atoms with Crippen LogP contribution in [0.5, 0.6) is 11.5 Å². The fourth-order valence-corrected chi connectivity index (χ4v) is 3.23. The van der Waals surface area contributed by atoms with Crippen LogP contribution in [0.25, 0.3) is 11.0 Å². The highest BCUT2D eigenvalue weighted by atomic mass is 16.6. The van der Waals surface area contributed by atoms with Gasteiger partial charge < -0.3 is 19.0 Å². The molecule has 138 valence electrons. The normalized spacial score (nSPS) is 16.0. The van der Waals surface area contributed by atoms with E-state index in [1.165, 1.54) is 6.07 Å². The molecule has 2 aromatic carbocycles. The van der Waals surface area contributed by atoms with E-state index in [9.17, 15) is 14.7 Å². The summed E-state index contributed by atoms with van der Waals surface area (Å²) in [5.41, 5.74) is -0.185. The summed E-state index contributed by atoms with van der Waals surface area (Å²) in [5, 5.41) is 11.1. The topological polar surface area (TPSA) is 86.0 Å². The molecule has 2 heterocycles. The Labute approximate surface area is 155 Å². The number of rotatable bonds is 3. The molecule has 4 rings (SSSR count). The third kappa shape index (κ3) is 3.03. The number of aromatic hydroxyl groups is 1. The van der Waals surface area contributed by atoms with Gasteiger partial charge in [0.15, 0.2) is 11.3 Å². The van der Waals surface area contributed by atoms with E-state index < -0.39 is 23.3 Å². The van der Waals surface area contributed by atoms with Gasteiger partial charge in [-0.2, -0.15) is 0 Å². The Kier molecular flexibility index (Phi) is 3.91. The molecule has 0 unspecified atom stereocenters. The van der Waals surface area contributed by atoms with Crippen molar-refractivity contribution in [3.8, 4) is 11.5 Å². The Bertz CT molecular complexity index is 1080. The fraction of sp³-hybridized carbons (Fsp3) is 0.238. The highest BCUT2D eigenvalue weighted by molar-refractivity contribution is 5.89. The largest absolute Gasteiger partial charge is 0.502 e. The van der Waals surface area contributed by atoms with Crippen LogP contribution in [0, 0.1) is 0 Å². The summed E-state index contributed by atoms with van der Waals surface area (Å²) >= 11 is 0. The third-order valence-electron chi connectivity index (χ3n) is 4.72. The average Bonchev–Trinajstić information content (AvgIpc) is 3.08. The van der Waals surface area contributed by atoms with Gasteiger partial charge in [0.05, 0.1) is 5.56 Å². The van der Waals surface area contributed by atoms with Gasteiger partial charge in [0, 0.05) is 23.4 Å².